The molecule has 4 rings (SSSR count). The molecule has 1 fully saturated rings. The molecule has 0 atom stereocenters. The molecule has 3 aromatic rings. The lowest BCUT2D eigenvalue weighted by Crippen LogP contribution is -2.25. The molecule has 0 aliphatic heterocycles. The maximum atomic E-state index is 13.4. The van der Waals surface area contributed by atoms with E-state index in [0.717, 1.165) is 36.6 Å². The third-order valence-corrected chi connectivity index (χ3v) is 6.11. The highest BCUT2D eigenvalue weighted by Gasteiger charge is 2.22. The first-order chi connectivity index (χ1) is 16.0. The van der Waals surface area contributed by atoms with Gasteiger partial charge in [0.2, 0.25) is 0 Å². The molecule has 9 nitrogen and oxygen atoms in total. The van der Waals surface area contributed by atoms with E-state index in [1.54, 1.807) is 12.1 Å². The fourth-order valence-corrected chi connectivity index (χ4v) is 4.38. The van der Waals surface area contributed by atoms with Crippen molar-refractivity contribution < 1.29 is 9.66 Å². The largest absolute Gasteiger partial charge is 0.478 e. The molecular formula is C23H20BrN5O4. The third-order valence-electron chi connectivity index (χ3n) is 5.61. The number of nitriles is 1. The first kappa shape index (κ1) is 22.6. The second-order valence-corrected chi connectivity index (χ2v) is 8.67. The van der Waals surface area contributed by atoms with E-state index in [4.69, 9.17) is 15.0 Å². The van der Waals surface area contributed by atoms with Crippen LogP contribution in [0.25, 0.3) is 10.9 Å². The topological polar surface area (TPSA) is 123 Å². The Hall–Kier alpha value is -3.58. The zero-order valence-corrected chi connectivity index (χ0v) is 19.2. The van der Waals surface area contributed by atoms with Crippen LogP contribution < -0.4 is 10.3 Å². The summed E-state index contributed by atoms with van der Waals surface area (Å²) in [5, 5.41) is 24.9. The number of ether oxygens (including phenoxy) is 1. The molecule has 1 heterocycles. The third kappa shape index (κ3) is 4.93. The average molecular weight is 510 g/mol. The van der Waals surface area contributed by atoms with Crippen LogP contribution in [0.5, 0.6) is 5.75 Å². The van der Waals surface area contributed by atoms with Gasteiger partial charge >= 0.3 is 0 Å². The van der Waals surface area contributed by atoms with Crippen LogP contribution in [0, 0.1) is 21.4 Å². The van der Waals surface area contributed by atoms with Gasteiger partial charge in [-0.2, -0.15) is 15.0 Å². The van der Waals surface area contributed by atoms with E-state index in [0.29, 0.717) is 16.7 Å². The van der Waals surface area contributed by atoms with Crippen LogP contribution in [0.4, 0.5) is 5.69 Å². The Kier molecular flexibility index (Phi) is 6.79. The molecule has 168 valence electrons. The van der Waals surface area contributed by atoms with Crippen LogP contribution >= 0.6 is 15.9 Å². The number of hydrogen-bond acceptors (Lipinski definition) is 7. The summed E-state index contributed by atoms with van der Waals surface area (Å²) in [6, 6.07) is 11.2. The molecule has 0 amide bonds. The Labute approximate surface area is 197 Å². The number of rotatable bonds is 6. The highest BCUT2D eigenvalue weighted by molar-refractivity contribution is 9.10. The van der Waals surface area contributed by atoms with Crippen LogP contribution in [-0.2, 0) is 0 Å². The number of nitro groups is 1. The van der Waals surface area contributed by atoms with E-state index < -0.39 is 4.92 Å². The van der Waals surface area contributed by atoms with Crippen molar-refractivity contribution in [1.82, 2.24) is 9.66 Å². The van der Waals surface area contributed by atoms with Crippen molar-refractivity contribution in [2.24, 2.45) is 5.10 Å². The molecule has 1 aliphatic rings. The fourth-order valence-electron chi connectivity index (χ4n) is 4.01. The highest BCUT2D eigenvalue weighted by Crippen LogP contribution is 2.32. The van der Waals surface area contributed by atoms with Gasteiger partial charge in [-0.15, -0.1) is 0 Å². The van der Waals surface area contributed by atoms with Crippen molar-refractivity contribution in [3.05, 3.63) is 72.7 Å². The van der Waals surface area contributed by atoms with Crippen molar-refractivity contribution in [3.8, 4) is 11.8 Å². The number of halogens is 1. The van der Waals surface area contributed by atoms with Gasteiger partial charge in [-0.3, -0.25) is 14.9 Å². The van der Waals surface area contributed by atoms with Gasteiger partial charge in [0, 0.05) is 28.1 Å². The van der Waals surface area contributed by atoms with E-state index in [1.165, 1.54) is 29.1 Å². The van der Waals surface area contributed by atoms with Crippen molar-refractivity contribution in [2.75, 3.05) is 6.61 Å². The minimum absolute atomic E-state index is 0.0936. The summed E-state index contributed by atoms with van der Waals surface area (Å²) in [6.45, 7) is -0.225. The first-order valence-corrected chi connectivity index (χ1v) is 11.3. The lowest BCUT2D eigenvalue weighted by atomic mass is 9.88. The maximum Gasteiger partial charge on any atom is 0.282 e. The Morgan fingerprint density at radius 1 is 1.27 bits per heavy atom. The van der Waals surface area contributed by atoms with Crippen molar-refractivity contribution in [1.29, 1.82) is 5.26 Å². The molecule has 0 saturated heterocycles. The summed E-state index contributed by atoms with van der Waals surface area (Å²) in [6.07, 6.45) is 6.44. The molecule has 0 unspecified atom stereocenters. The lowest BCUT2D eigenvalue weighted by Gasteiger charge is -2.22. The predicted octanol–water partition coefficient (Wildman–Crippen LogP) is 4.90. The highest BCUT2D eigenvalue weighted by atomic mass is 79.9. The average Bonchev–Trinajstić information content (AvgIpc) is 2.83. The zero-order chi connectivity index (χ0) is 23.4. The first-order valence-electron chi connectivity index (χ1n) is 10.5. The lowest BCUT2D eigenvalue weighted by molar-refractivity contribution is -0.384. The molecule has 10 heteroatoms. The number of hydrogen-bond donors (Lipinski definition) is 0. The minimum atomic E-state index is -0.528. The number of nitro benzene ring substituents is 1. The molecule has 33 heavy (non-hydrogen) atoms. The summed E-state index contributed by atoms with van der Waals surface area (Å²) < 4.78 is 7.43. The Balaban J connectivity index is 1.86. The molecule has 1 aromatic heterocycles. The Morgan fingerprint density at radius 2 is 2.06 bits per heavy atom. The molecule has 2 aromatic carbocycles. The second-order valence-electron chi connectivity index (χ2n) is 7.75. The SMILES string of the molecule is N#CCOc1ccc([N+](=O)[O-])cc1C=Nn1c(C2CCCCC2)nc2ccc(Br)cc2c1=O. The minimum Gasteiger partial charge on any atom is -0.478 e. The molecule has 1 aliphatic carbocycles. The van der Waals surface area contributed by atoms with Crippen molar-refractivity contribution in [2.45, 2.75) is 38.0 Å². The quantitative estimate of drug-likeness (QED) is 0.264. The van der Waals surface area contributed by atoms with Crippen molar-refractivity contribution in [3.63, 3.8) is 0 Å². The van der Waals surface area contributed by atoms with Gasteiger partial charge in [-0.05, 0) is 37.1 Å². The normalized spacial score (nSPS) is 14.4. The molecule has 0 N–H and O–H groups in total. The number of non-ortho nitro benzene ring substituents is 1. The van der Waals surface area contributed by atoms with E-state index in [1.807, 2.05) is 12.1 Å². The van der Waals surface area contributed by atoms with Gasteiger partial charge in [-0.1, -0.05) is 35.2 Å². The van der Waals surface area contributed by atoms with E-state index >= 15 is 0 Å². The van der Waals surface area contributed by atoms with Gasteiger partial charge in [0.05, 0.1) is 22.0 Å². The molecule has 0 radical (unpaired) electrons. The Morgan fingerprint density at radius 3 is 2.79 bits per heavy atom. The second kappa shape index (κ2) is 9.92. The number of nitrogens with zero attached hydrogens (tertiary/aromatic N) is 5. The van der Waals surface area contributed by atoms with Gasteiger partial charge in [0.1, 0.15) is 17.6 Å². The van der Waals surface area contributed by atoms with Crippen LogP contribution in [-0.4, -0.2) is 27.4 Å². The molecule has 1 saturated carbocycles. The number of benzene rings is 2. The summed E-state index contributed by atoms with van der Waals surface area (Å²) >= 11 is 3.40. The maximum absolute atomic E-state index is 13.4. The summed E-state index contributed by atoms with van der Waals surface area (Å²) in [7, 11) is 0. The molecule has 0 spiro atoms. The smallest absolute Gasteiger partial charge is 0.282 e. The number of fused-ring (bicyclic) bond motifs is 1. The van der Waals surface area contributed by atoms with Gasteiger partial charge in [-0.25, -0.2) is 4.98 Å². The zero-order valence-electron chi connectivity index (χ0n) is 17.6. The van der Waals surface area contributed by atoms with Gasteiger partial charge in [0.15, 0.2) is 6.61 Å². The molecular weight excluding hydrogens is 490 g/mol. The van der Waals surface area contributed by atoms with Crippen LogP contribution in [0.3, 0.4) is 0 Å². The van der Waals surface area contributed by atoms with Crippen molar-refractivity contribution >= 4 is 38.7 Å². The van der Waals surface area contributed by atoms with Gasteiger partial charge < -0.3 is 4.74 Å². The molecule has 0 bridgehead atoms. The fraction of sp³-hybridized carbons (Fsp3) is 0.304. The van der Waals surface area contributed by atoms with Gasteiger partial charge in [0.25, 0.3) is 11.2 Å². The standard InChI is InChI=1S/C23H20BrN5O4/c24-17-6-8-20-19(13-17)23(30)28(22(27-20)15-4-2-1-3-5-15)26-14-16-12-18(29(31)32)7-9-21(16)33-11-10-25/h6-9,12-15H,1-5,11H2. The monoisotopic (exact) mass is 509 g/mol. The summed E-state index contributed by atoms with van der Waals surface area (Å²) in [5.41, 5.74) is 0.420. The van der Waals surface area contributed by atoms with E-state index in [2.05, 4.69) is 21.0 Å². The van der Waals surface area contributed by atoms with Crippen LogP contribution in [0.2, 0.25) is 0 Å². The van der Waals surface area contributed by atoms with Crippen LogP contribution in [0.15, 0.2) is 50.8 Å². The number of aromatic nitrogens is 2. The summed E-state index contributed by atoms with van der Waals surface area (Å²) in [4.78, 5) is 28.9. The Bertz CT molecular complexity index is 1340. The van der Waals surface area contributed by atoms with Crippen LogP contribution in [0.1, 0.15) is 49.4 Å². The predicted molar refractivity (Wildman–Crippen MR) is 127 cm³/mol. The summed E-state index contributed by atoms with van der Waals surface area (Å²) in [5.74, 6) is 0.932. The van der Waals surface area contributed by atoms with E-state index in [-0.39, 0.29) is 35.1 Å². The van der Waals surface area contributed by atoms with E-state index in [9.17, 15) is 14.9 Å².